The minimum absolute atomic E-state index is 0.0217. The van der Waals surface area contributed by atoms with E-state index in [0.717, 1.165) is 30.4 Å². The van der Waals surface area contributed by atoms with Crippen LogP contribution in [0.1, 0.15) is 54.1 Å². The first-order valence-corrected chi connectivity index (χ1v) is 13.6. The predicted molar refractivity (Wildman–Crippen MR) is 135 cm³/mol. The van der Waals surface area contributed by atoms with Crippen molar-refractivity contribution < 1.29 is 27.4 Å². The number of carbonyl (C=O) groups excluding carboxylic acids is 1. The maximum atomic E-state index is 14.3. The van der Waals surface area contributed by atoms with Crippen molar-refractivity contribution in [3.05, 3.63) is 59.7 Å². The molecule has 7 nitrogen and oxygen atoms in total. The fourth-order valence-corrected chi connectivity index (χ4v) is 6.79. The lowest BCUT2D eigenvalue weighted by Gasteiger charge is -2.38. The summed E-state index contributed by atoms with van der Waals surface area (Å²) < 4.78 is 46.5. The van der Waals surface area contributed by atoms with Gasteiger partial charge in [-0.25, -0.2) is 13.2 Å². The quantitative estimate of drug-likeness (QED) is 0.484. The summed E-state index contributed by atoms with van der Waals surface area (Å²) in [4.78, 5) is 12.6. The predicted octanol–water partition coefficient (Wildman–Crippen LogP) is 4.84. The summed E-state index contributed by atoms with van der Waals surface area (Å²) >= 11 is 0. The fraction of sp³-hybridized carbons (Fsp3) is 0.444. The van der Waals surface area contributed by atoms with E-state index in [1.807, 2.05) is 25.1 Å². The number of aryl methyl sites for hydroxylation is 1. The van der Waals surface area contributed by atoms with E-state index in [-0.39, 0.29) is 28.2 Å². The monoisotopic (exact) mass is 499 g/mol. The van der Waals surface area contributed by atoms with E-state index in [9.17, 15) is 13.2 Å². The van der Waals surface area contributed by atoms with Crippen LogP contribution < -0.4 is 9.04 Å². The smallest absolute Gasteiger partial charge is 0.341 e. The third-order valence-corrected chi connectivity index (χ3v) is 8.74. The van der Waals surface area contributed by atoms with E-state index >= 15 is 0 Å². The lowest BCUT2D eigenvalue weighted by Crippen LogP contribution is -2.43. The van der Waals surface area contributed by atoms with Crippen molar-refractivity contribution in [2.75, 3.05) is 31.2 Å². The van der Waals surface area contributed by atoms with E-state index in [0.29, 0.717) is 38.3 Å². The van der Waals surface area contributed by atoms with Gasteiger partial charge >= 0.3 is 5.97 Å². The van der Waals surface area contributed by atoms with E-state index in [1.165, 1.54) is 17.5 Å². The number of para-hydroxylation sites is 1. The Hall–Kier alpha value is -2.84. The van der Waals surface area contributed by atoms with Gasteiger partial charge in [0.1, 0.15) is 10.5 Å². The number of rotatable bonds is 8. The number of hydrogen-bond donors (Lipinski definition) is 0. The first kappa shape index (κ1) is 25.3. The van der Waals surface area contributed by atoms with E-state index in [2.05, 4.69) is 6.58 Å². The molecule has 0 spiro atoms. The zero-order valence-electron chi connectivity index (χ0n) is 20.4. The molecular formula is C27H33NO6S. The van der Waals surface area contributed by atoms with Crippen molar-refractivity contribution in [3.8, 4) is 5.75 Å². The molecule has 0 bridgehead atoms. The van der Waals surface area contributed by atoms with Crippen LogP contribution in [-0.4, -0.2) is 47.4 Å². The van der Waals surface area contributed by atoms with Gasteiger partial charge in [0, 0.05) is 19.3 Å². The number of esters is 1. The summed E-state index contributed by atoms with van der Waals surface area (Å²) in [6, 6.07) is 10.1. The molecule has 8 heteroatoms. The van der Waals surface area contributed by atoms with Gasteiger partial charge in [-0.05, 0) is 73.4 Å². The second-order valence-electron chi connectivity index (χ2n) is 8.99. The van der Waals surface area contributed by atoms with Gasteiger partial charge < -0.3 is 14.2 Å². The molecule has 1 fully saturated rings. The first-order valence-electron chi connectivity index (χ1n) is 12.1. The molecule has 0 aromatic heterocycles. The highest BCUT2D eigenvalue weighted by atomic mass is 32.2. The Labute approximate surface area is 207 Å². The normalized spacial score (nSPS) is 18.6. The number of nitrogens with zero attached hydrogens (tertiary/aromatic N) is 1. The van der Waals surface area contributed by atoms with Crippen LogP contribution in [0.4, 0.5) is 5.69 Å². The number of methoxy groups -OCH3 is 1. The van der Waals surface area contributed by atoms with Crippen molar-refractivity contribution in [1.29, 1.82) is 0 Å². The van der Waals surface area contributed by atoms with E-state index < -0.39 is 16.0 Å². The van der Waals surface area contributed by atoms with Crippen molar-refractivity contribution in [2.45, 2.75) is 50.0 Å². The Kier molecular flexibility index (Phi) is 7.82. The average molecular weight is 500 g/mol. The van der Waals surface area contributed by atoms with Gasteiger partial charge in [-0.2, -0.15) is 0 Å². The average Bonchev–Trinajstić information content (AvgIpc) is 2.90. The highest BCUT2D eigenvalue weighted by molar-refractivity contribution is 7.93. The summed E-state index contributed by atoms with van der Waals surface area (Å²) in [5, 5.41) is 0. The van der Waals surface area contributed by atoms with Crippen LogP contribution in [-0.2, 0) is 25.9 Å². The van der Waals surface area contributed by atoms with Crippen LogP contribution in [0.3, 0.4) is 0 Å². The molecule has 0 aliphatic carbocycles. The Balaban J connectivity index is 1.80. The Morgan fingerprint density at radius 1 is 1.20 bits per heavy atom. The number of ether oxygens (including phenoxy) is 3. The number of benzene rings is 2. The van der Waals surface area contributed by atoms with Gasteiger partial charge in [-0.3, -0.25) is 4.31 Å². The minimum atomic E-state index is -4.05. The molecule has 188 valence electrons. The fourth-order valence-electron chi connectivity index (χ4n) is 4.84. The molecular weight excluding hydrogens is 466 g/mol. The topological polar surface area (TPSA) is 82.1 Å². The summed E-state index contributed by atoms with van der Waals surface area (Å²) in [6.45, 7) is 7.42. The largest absolute Gasteiger partial charge is 0.491 e. The van der Waals surface area contributed by atoms with Gasteiger partial charge in [0.15, 0.2) is 5.75 Å². The third kappa shape index (κ3) is 5.09. The van der Waals surface area contributed by atoms with Crippen LogP contribution in [0.15, 0.2) is 47.9 Å². The van der Waals surface area contributed by atoms with E-state index in [4.69, 9.17) is 14.2 Å². The van der Waals surface area contributed by atoms with Crippen LogP contribution in [0.2, 0.25) is 0 Å². The standard InChI is InChI=1S/C27H33NO6S/c1-4-19-9-12-24-21(17-19)10-11-22(5-2)28(24)35(30,31)25-8-6-7-23(27(29)32-3)26(25)34-18-20-13-15-33-16-14-20/h4,6-9,12,17,20,22H,1,5,10-11,13-16,18H2,2-3H3. The molecule has 0 N–H and O–H groups in total. The van der Waals surface area contributed by atoms with Gasteiger partial charge in [-0.1, -0.05) is 31.7 Å². The lowest BCUT2D eigenvalue weighted by atomic mass is 9.95. The molecule has 1 saturated heterocycles. The summed E-state index contributed by atoms with van der Waals surface area (Å²) in [6.07, 6.45) is 5.57. The lowest BCUT2D eigenvalue weighted by molar-refractivity contribution is 0.0478. The van der Waals surface area contributed by atoms with Crippen molar-refractivity contribution in [1.82, 2.24) is 0 Å². The zero-order valence-corrected chi connectivity index (χ0v) is 21.2. The molecule has 2 aromatic carbocycles. The number of anilines is 1. The second kappa shape index (κ2) is 10.8. The second-order valence-corrected chi connectivity index (χ2v) is 10.8. The SMILES string of the molecule is C=Cc1ccc2c(c1)CCC(CC)N2S(=O)(=O)c1cccc(C(=O)OC)c1OCC1CCOCC1. The molecule has 4 rings (SSSR count). The summed E-state index contributed by atoms with van der Waals surface area (Å²) in [5.74, 6) is -0.359. The number of sulfonamides is 1. The molecule has 2 aliphatic rings. The van der Waals surface area contributed by atoms with Crippen LogP contribution in [0.5, 0.6) is 5.75 Å². The van der Waals surface area contributed by atoms with Gasteiger partial charge in [-0.15, -0.1) is 0 Å². The maximum absolute atomic E-state index is 14.3. The molecule has 1 atom stereocenters. The minimum Gasteiger partial charge on any atom is -0.491 e. The molecule has 2 heterocycles. The highest BCUT2D eigenvalue weighted by Gasteiger charge is 2.38. The number of fused-ring (bicyclic) bond motifs is 1. The van der Waals surface area contributed by atoms with Crippen molar-refractivity contribution >= 4 is 27.8 Å². The first-order chi connectivity index (χ1) is 16.9. The van der Waals surface area contributed by atoms with Crippen LogP contribution >= 0.6 is 0 Å². The number of hydrogen-bond acceptors (Lipinski definition) is 6. The van der Waals surface area contributed by atoms with Gasteiger partial charge in [0.05, 0.1) is 19.4 Å². The molecule has 0 amide bonds. The highest BCUT2D eigenvalue weighted by Crippen LogP contribution is 2.40. The molecule has 2 aromatic rings. The van der Waals surface area contributed by atoms with Crippen molar-refractivity contribution in [3.63, 3.8) is 0 Å². The molecule has 35 heavy (non-hydrogen) atoms. The van der Waals surface area contributed by atoms with Crippen LogP contribution in [0.25, 0.3) is 6.08 Å². The summed E-state index contributed by atoms with van der Waals surface area (Å²) in [7, 11) is -2.78. The van der Waals surface area contributed by atoms with Crippen molar-refractivity contribution in [2.24, 2.45) is 5.92 Å². The Morgan fingerprint density at radius 2 is 1.97 bits per heavy atom. The molecule has 1 unspecified atom stereocenters. The maximum Gasteiger partial charge on any atom is 0.341 e. The van der Waals surface area contributed by atoms with Crippen LogP contribution in [0, 0.1) is 5.92 Å². The Morgan fingerprint density at radius 3 is 2.66 bits per heavy atom. The zero-order chi connectivity index (χ0) is 25.0. The molecule has 2 aliphatic heterocycles. The van der Waals surface area contributed by atoms with Gasteiger partial charge in [0.2, 0.25) is 0 Å². The number of carbonyl (C=O) groups is 1. The van der Waals surface area contributed by atoms with Gasteiger partial charge in [0.25, 0.3) is 10.0 Å². The Bertz CT molecular complexity index is 1190. The third-order valence-electron chi connectivity index (χ3n) is 6.85. The summed E-state index contributed by atoms with van der Waals surface area (Å²) in [5.41, 5.74) is 2.68. The molecule has 0 radical (unpaired) electrons. The van der Waals surface area contributed by atoms with E-state index in [1.54, 1.807) is 18.2 Å². The molecule has 0 saturated carbocycles.